The molecule has 106 valence electrons. The van der Waals surface area contributed by atoms with Crippen molar-refractivity contribution in [2.24, 2.45) is 0 Å². The molecule has 6 heteroatoms. The average Bonchev–Trinajstić information content (AvgIpc) is 2.37. The largest absolute Gasteiger partial charge is 0.416 e. The Morgan fingerprint density at radius 1 is 0.950 bits per heavy atom. The van der Waals surface area contributed by atoms with Crippen LogP contribution in [-0.2, 0) is 12.8 Å². The average molecular weight is 288 g/mol. The van der Waals surface area contributed by atoms with E-state index in [4.69, 9.17) is 5.11 Å². The summed E-state index contributed by atoms with van der Waals surface area (Å²) < 4.78 is 65.3. The van der Waals surface area contributed by atoms with Crippen LogP contribution >= 0.6 is 0 Å². The number of hydrogen-bond donors (Lipinski definition) is 1. The van der Waals surface area contributed by atoms with Gasteiger partial charge < -0.3 is 5.11 Å². The summed E-state index contributed by atoms with van der Waals surface area (Å²) in [5.74, 6) is -2.04. The van der Waals surface area contributed by atoms with E-state index in [1.54, 1.807) is 0 Å². The molecule has 0 atom stereocenters. The van der Waals surface area contributed by atoms with Gasteiger partial charge in [0.25, 0.3) is 0 Å². The van der Waals surface area contributed by atoms with Crippen LogP contribution in [0.1, 0.15) is 11.1 Å². The zero-order valence-electron chi connectivity index (χ0n) is 10.0. The van der Waals surface area contributed by atoms with Crippen LogP contribution < -0.4 is 0 Å². The molecular weight excluding hydrogens is 279 g/mol. The SMILES string of the molecule is OCc1cc(F)c(-c2cccc(C(F)(F)F)c2)c(F)c1. The van der Waals surface area contributed by atoms with Crippen LogP contribution in [0.15, 0.2) is 36.4 Å². The highest BCUT2D eigenvalue weighted by Crippen LogP contribution is 2.34. The standard InChI is InChI=1S/C14H9F5O/c15-11-4-8(7-20)5-12(16)13(11)9-2-1-3-10(6-9)14(17,18)19/h1-6,20H,7H2. The van der Waals surface area contributed by atoms with Gasteiger partial charge >= 0.3 is 6.18 Å². The summed E-state index contributed by atoms with van der Waals surface area (Å²) in [7, 11) is 0. The summed E-state index contributed by atoms with van der Waals surface area (Å²) in [5.41, 5.74) is -1.73. The molecule has 0 heterocycles. The molecule has 1 N–H and O–H groups in total. The predicted octanol–water partition coefficient (Wildman–Crippen LogP) is 4.14. The molecule has 1 nitrogen and oxygen atoms in total. The fourth-order valence-corrected chi connectivity index (χ4v) is 1.84. The minimum atomic E-state index is -4.59. The molecule has 0 bridgehead atoms. The van der Waals surface area contributed by atoms with Crippen molar-refractivity contribution in [1.82, 2.24) is 0 Å². The molecule has 0 aliphatic heterocycles. The normalized spacial score (nSPS) is 11.7. The van der Waals surface area contributed by atoms with Crippen molar-refractivity contribution >= 4 is 0 Å². The molecule has 0 aliphatic carbocycles. The molecule has 0 saturated carbocycles. The van der Waals surface area contributed by atoms with Gasteiger partial charge in [-0.2, -0.15) is 13.2 Å². The molecule has 0 spiro atoms. The van der Waals surface area contributed by atoms with Gasteiger partial charge in [-0.05, 0) is 35.4 Å². The van der Waals surface area contributed by atoms with Crippen molar-refractivity contribution in [2.45, 2.75) is 12.8 Å². The Hall–Kier alpha value is -1.95. The molecule has 2 aromatic carbocycles. The highest BCUT2D eigenvalue weighted by Gasteiger charge is 2.30. The second kappa shape index (κ2) is 5.20. The van der Waals surface area contributed by atoms with Crippen molar-refractivity contribution in [3.05, 3.63) is 59.2 Å². The Balaban J connectivity index is 2.58. The summed E-state index contributed by atoms with van der Waals surface area (Å²) in [6, 6.07) is 5.55. The molecule has 0 saturated heterocycles. The summed E-state index contributed by atoms with van der Waals surface area (Å²) in [6.45, 7) is -0.559. The van der Waals surface area contributed by atoms with Gasteiger partial charge in [0.1, 0.15) is 11.6 Å². The Labute approximate surface area is 111 Å². The van der Waals surface area contributed by atoms with Crippen LogP contribution in [0.2, 0.25) is 0 Å². The maximum absolute atomic E-state index is 13.8. The van der Waals surface area contributed by atoms with Crippen molar-refractivity contribution in [3.63, 3.8) is 0 Å². The zero-order valence-corrected chi connectivity index (χ0v) is 10.0. The van der Waals surface area contributed by atoms with Crippen molar-refractivity contribution in [2.75, 3.05) is 0 Å². The lowest BCUT2D eigenvalue weighted by molar-refractivity contribution is -0.137. The first-order valence-corrected chi connectivity index (χ1v) is 5.59. The van der Waals surface area contributed by atoms with E-state index >= 15 is 0 Å². The topological polar surface area (TPSA) is 20.2 Å². The highest BCUT2D eigenvalue weighted by molar-refractivity contribution is 5.66. The molecule has 20 heavy (non-hydrogen) atoms. The fourth-order valence-electron chi connectivity index (χ4n) is 1.84. The summed E-state index contributed by atoms with van der Waals surface area (Å²) >= 11 is 0. The summed E-state index contributed by atoms with van der Waals surface area (Å²) in [4.78, 5) is 0. The van der Waals surface area contributed by atoms with E-state index in [0.717, 1.165) is 24.3 Å². The second-order valence-electron chi connectivity index (χ2n) is 4.17. The Morgan fingerprint density at radius 3 is 2.05 bits per heavy atom. The first-order chi connectivity index (χ1) is 9.32. The monoisotopic (exact) mass is 288 g/mol. The molecule has 0 radical (unpaired) electrons. The van der Waals surface area contributed by atoms with Gasteiger partial charge in [0.2, 0.25) is 0 Å². The third-order valence-corrected chi connectivity index (χ3v) is 2.76. The third kappa shape index (κ3) is 2.80. The highest BCUT2D eigenvalue weighted by atomic mass is 19.4. The molecular formula is C14H9F5O. The fraction of sp³-hybridized carbons (Fsp3) is 0.143. The molecule has 0 amide bonds. The first-order valence-electron chi connectivity index (χ1n) is 5.59. The smallest absolute Gasteiger partial charge is 0.392 e. The van der Waals surface area contributed by atoms with Crippen LogP contribution in [-0.4, -0.2) is 5.11 Å². The lowest BCUT2D eigenvalue weighted by atomic mass is 10.0. The number of halogens is 5. The molecule has 0 aromatic heterocycles. The van der Waals surface area contributed by atoms with Gasteiger partial charge in [-0.15, -0.1) is 0 Å². The number of alkyl halides is 3. The van der Waals surface area contributed by atoms with Gasteiger partial charge in [-0.25, -0.2) is 8.78 Å². The lowest BCUT2D eigenvalue weighted by Gasteiger charge is -2.11. The molecule has 0 unspecified atom stereocenters. The van der Waals surface area contributed by atoms with E-state index in [1.165, 1.54) is 6.07 Å². The first kappa shape index (κ1) is 14.5. The van der Waals surface area contributed by atoms with E-state index in [-0.39, 0.29) is 11.1 Å². The van der Waals surface area contributed by atoms with Crippen LogP contribution in [0, 0.1) is 11.6 Å². The molecule has 2 rings (SSSR count). The van der Waals surface area contributed by atoms with E-state index in [2.05, 4.69) is 0 Å². The van der Waals surface area contributed by atoms with Gasteiger partial charge in [0.05, 0.1) is 17.7 Å². The van der Waals surface area contributed by atoms with E-state index < -0.39 is 35.5 Å². The number of rotatable bonds is 2. The summed E-state index contributed by atoms with van der Waals surface area (Å²) in [6.07, 6.45) is -4.59. The molecule has 0 fully saturated rings. The maximum Gasteiger partial charge on any atom is 0.416 e. The number of aliphatic hydroxyl groups is 1. The molecule has 0 aliphatic rings. The van der Waals surface area contributed by atoms with E-state index in [9.17, 15) is 22.0 Å². The minimum absolute atomic E-state index is 0.00993. The second-order valence-corrected chi connectivity index (χ2v) is 4.17. The third-order valence-electron chi connectivity index (χ3n) is 2.76. The number of hydrogen-bond acceptors (Lipinski definition) is 1. The summed E-state index contributed by atoms with van der Waals surface area (Å²) in [5, 5.41) is 8.82. The van der Waals surface area contributed by atoms with Crippen LogP contribution in [0.3, 0.4) is 0 Å². The van der Waals surface area contributed by atoms with Crippen LogP contribution in [0.4, 0.5) is 22.0 Å². The molecule has 2 aromatic rings. The van der Waals surface area contributed by atoms with Crippen LogP contribution in [0.25, 0.3) is 11.1 Å². The number of benzene rings is 2. The van der Waals surface area contributed by atoms with E-state index in [1.807, 2.05) is 0 Å². The van der Waals surface area contributed by atoms with Gasteiger partial charge in [-0.3, -0.25) is 0 Å². The quantitative estimate of drug-likeness (QED) is 0.823. The number of aliphatic hydroxyl groups excluding tert-OH is 1. The van der Waals surface area contributed by atoms with Crippen molar-refractivity contribution < 1.29 is 27.1 Å². The van der Waals surface area contributed by atoms with Crippen molar-refractivity contribution in [3.8, 4) is 11.1 Å². The zero-order chi connectivity index (χ0) is 14.9. The van der Waals surface area contributed by atoms with Gasteiger partial charge in [0.15, 0.2) is 0 Å². The van der Waals surface area contributed by atoms with Crippen LogP contribution in [0.5, 0.6) is 0 Å². The predicted molar refractivity (Wildman–Crippen MR) is 62.7 cm³/mol. The van der Waals surface area contributed by atoms with Crippen molar-refractivity contribution in [1.29, 1.82) is 0 Å². The maximum atomic E-state index is 13.8. The minimum Gasteiger partial charge on any atom is -0.392 e. The Bertz CT molecular complexity index is 611. The van der Waals surface area contributed by atoms with E-state index in [0.29, 0.717) is 6.07 Å². The Kier molecular flexibility index (Phi) is 3.76. The van der Waals surface area contributed by atoms with Gasteiger partial charge in [-0.1, -0.05) is 12.1 Å². The lowest BCUT2D eigenvalue weighted by Crippen LogP contribution is -2.05. The Morgan fingerprint density at radius 2 is 1.55 bits per heavy atom. The van der Waals surface area contributed by atoms with Gasteiger partial charge in [0, 0.05) is 0 Å².